The van der Waals surface area contributed by atoms with Crippen LogP contribution in [0.5, 0.6) is 0 Å². The first kappa shape index (κ1) is 15.8. The molecular formula is C14H24N2OSi2. The molecule has 0 aliphatic heterocycles. The van der Waals surface area contributed by atoms with Gasteiger partial charge in [-0.15, -0.1) is 0 Å². The Morgan fingerprint density at radius 3 is 1.68 bits per heavy atom. The molecule has 0 saturated carbocycles. The largest absolute Gasteiger partial charge is 0.350 e. The van der Waals surface area contributed by atoms with Crippen molar-refractivity contribution in [1.29, 1.82) is 0 Å². The minimum absolute atomic E-state index is 0.699. The molecule has 5 heteroatoms. The van der Waals surface area contributed by atoms with Crippen molar-refractivity contribution in [1.82, 2.24) is 4.34 Å². The van der Waals surface area contributed by atoms with E-state index in [4.69, 9.17) is 5.10 Å². The van der Waals surface area contributed by atoms with Gasteiger partial charge in [0.05, 0.1) is 6.21 Å². The zero-order chi connectivity index (χ0) is 14.7. The molecule has 19 heavy (non-hydrogen) atoms. The molecule has 1 rings (SSSR count). The number of benzene rings is 1. The third kappa shape index (κ3) is 4.76. The Bertz CT molecular complexity index is 442. The van der Waals surface area contributed by atoms with Crippen LogP contribution in [0.25, 0.3) is 0 Å². The first-order valence-electron chi connectivity index (χ1n) is 6.54. The van der Waals surface area contributed by atoms with Gasteiger partial charge in [-0.3, -0.25) is 4.79 Å². The van der Waals surface area contributed by atoms with Gasteiger partial charge in [0.2, 0.25) is 0 Å². The molecule has 3 nitrogen and oxygen atoms in total. The van der Waals surface area contributed by atoms with Crippen LogP contribution in [-0.2, 0) is 0 Å². The maximum absolute atomic E-state index is 10.6. The Hall–Kier alpha value is -1.21. The van der Waals surface area contributed by atoms with Crippen molar-refractivity contribution in [3.05, 3.63) is 35.4 Å². The van der Waals surface area contributed by atoms with Gasteiger partial charge >= 0.3 is 0 Å². The molecule has 0 atom stereocenters. The van der Waals surface area contributed by atoms with Crippen LogP contribution in [0, 0.1) is 0 Å². The zero-order valence-electron chi connectivity index (χ0n) is 12.8. The smallest absolute Gasteiger partial charge is 0.158 e. The van der Waals surface area contributed by atoms with E-state index < -0.39 is 16.5 Å². The molecule has 0 bridgehead atoms. The highest BCUT2D eigenvalue weighted by Gasteiger charge is 2.33. The Balaban J connectivity index is 2.95. The topological polar surface area (TPSA) is 32.7 Å². The second-order valence-electron chi connectivity index (χ2n) is 6.68. The lowest BCUT2D eigenvalue weighted by molar-refractivity contribution is 0.112. The van der Waals surface area contributed by atoms with E-state index in [1.54, 1.807) is 0 Å². The van der Waals surface area contributed by atoms with E-state index in [-0.39, 0.29) is 0 Å². The molecule has 0 spiro atoms. The average Bonchev–Trinajstić information content (AvgIpc) is 2.26. The maximum Gasteiger partial charge on any atom is 0.158 e. The molecule has 104 valence electrons. The molecule has 0 aliphatic carbocycles. The summed E-state index contributed by atoms with van der Waals surface area (Å²) in [6.07, 6.45) is 2.77. The van der Waals surface area contributed by atoms with E-state index in [1.807, 2.05) is 30.5 Å². The second-order valence-corrected chi connectivity index (χ2v) is 16.7. The van der Waals surface area contributed by atoms with Gasteiger partial charge < -0.3 is 4.34 Å². The molecule has 0 heterocycles. The van der Waals surface area contributed by atoms with Gasteiger partial charge in [-0.25, -0.2) is 5.10 Å². The van der Waals surface area contributed by atoms with Crippen LogP contribution in [0.2, 0.25) is 39.3 Å². The van der Waals surface area contributed by atoms with Crippen molar-refractivity contribution in [2.75, 3.05) is 0 Å². The third-order valence-electron chi connectivity index (χ3n) is 2.67. The summed E-state index contributed by atoms with van der Waals surface area (Å²) >= 11 is 0. The highest BCUT2D eigenvalue weighted by molar-refractivity contribution is 6.89. The molecule has 0 unspecified atom stereocenters. The molecule has 0 radical (unpaired) electrons. The van der Waals surface area contributed by atoms with Crippen LogP contribution < -0.4 is 0 Å². The maximum atomic E-state index is 10.6. The first-order valence-corrected chi connectivity index (χ1v) is 13.4. The summed E-state index contributed by atoms with van der Waals surface area (Å²) < 4.78 is 2.37. The van der Waals surface area contributed by atoms with E-state index in [9.17, 15) is 4.79 Å². The van der Waals surface area contributed by atoms with Gasteiger partial charge in [0.1, 0.15) is 6.29 Å². The minimum atomic E-state index is -1.45. The van der Waals surface area contributed by atoms with Crippen LogP contribution in [0.1, 0.15) is 15.9 Å². The van der Waals surface area contributed by atoms with Crippen molar-refractivity contribution >= 4 is 29.0 Å². The summed E-state index contributed by atoms with van der Waals surface area (Å²) in [5, 5.41) is 4.74. The van der Waals surface area contributed by atoms with Gasteiger partial charge in [0.25, 0.3) is 0 Å². The number of hydrogen-bond donors (Lipinski definition) is 0. The van der Waals surface area contributed by atoms with Crippen LogP contribution in [0.4, 0.5) is 0 Å². The highest BCUT2D eigenvalue weighted by Crippen LogP contribution is 2.20. The van der Waals surface area contributed by atoms with Crippen molar-refractivity contribution in [3.63, 3.8) is 0 Å². The summed E-state index contributed by atoms with van der Waals surface area (Å²) in [7, 11) is -2.91. The summed E-state index contributed by atoms with van der Waals surface area (Å²) in [4.78, 5) is 10.6. The average molecular weight is 293 g/mol. The predicted octanol–water partition coefficient (Wildman–Crippen LogP) is 3.80. The van der Waals surface area contributed by atoms with Crippen molar-refractivity contribution in [2.45, 2.75) is 39.3 Å². The highest BCUT2D eigenvalue weighted by atomic mass is 28.4. The van der Waals surface area contributed by atoms with E-state index >= 15 is 0 Å². The molecule has 1 aromatic carbocycles. The predicted molar refractivity (Wildman–Crippen MR) is 88.0 cm³/mol. The Kier molecular flexibility index (Phi) is 4.87. The lowest BCUT2D eigenvalue weighted by atomic mass is 10.2. The summed E-state index contributed by atoms with van der Waals surface area (Å²) in [5.74, 6) is 0. The van der Waals surface area contributed by atoms with Gasteiger partial charge in [0.15, 0.2) is 16.5 Å². The van der Waals surface area contributed by atoms with Gasteiger partial charge in [-0.1, -0.05) is 63.5 Å². The normalized spacial score (nSPS) is 12.7. The standard InChI is InChI=1S/C14H24N2OSi2/c1-18(2,3)16(19(4,5)6)15-11-13-7-9-14(12-17)10-8-13/h7-12H,1-6H3. The Labute approximate surface area is 118 Å². The lowest BCUT2D eigenvalue weighted by Crippen LogP contribution is -2.55. The molecule has 0 aromatic heterocycles. The fraction of sp³-hybridized carbons (Fsp3) is 0.429. The molecular weight excluding hydrogens is 268 g/mol. The quantitative estimate of drug-likeness (QED) is 0.358. The molecule has 0 amide bonds. The number of nitrogens with zero attached hydrogens (tertiary/aromatic N) is 2. The van der Waals surface area contributed by atoms with Gasteiger partial charge in [-0.05, 0) is 5.56 Å². The van der Waals surface area contributed by atoms with Crippen molar-refractivity contribution in [2.24, 2.45) is 5.10 Å². The van der Waals surface area contributed by atoms with Crippen LogP contribution in [-0.4, -0.2) is 33.3 Å². The zero-order valence-corrected chi connectivity index (χ0v) is 14.8. The lowest BCUT2D eigenvalue weighted by Gasteiger charge is -2.41. The second kappa shape index (κ2) is 5.84. The SMILES string of the molecule is C[Si](C)(C)N(N=Cc1ccc(C=O)cc1)[Si](C)(C)C. The minimum Gasteiger partial charge on any atom is -0.350 e. The Morgan fingerprint density at radius 2 is 1.32 bits per heavy atom. The monoisotopic (exact) mass is 292 g/mol. The van der Waals surface area contributed by atoms with E-state index in [2.05, 4.69) is 43.6 Å². The van der Waals surface area contributed by atoms with Crippen LogP contribution in [0.15, 0.2) is 29.4 Å². The van der Waals surface area contributed by atoms with Crippen LogP contribution >= 0.6 is 0 Å². The number of hydrazone groups is 1. The molecule has 0 saturated heterocycles. The Morgan fingerprint density at radius 1 is 0.895 bits per heavy atom. The molecule has 1 aromatic rings. The van der Waals surface area contributed by atoms with Crippen molar-refractivity contribution in [3.8, 4) is 0 Å². The number of hydrogen-bond acceptors (Lipinski definition) is 3. The third-order valence-corrected chi connectivity index (χ3v) is 9.46. The summed E-state index contributed by atoms with van der Waals surface area (Å²) in [5.41, 5.74) is 1.73. The summed E-state index contributed by atoms with van der Waals surface area (Å²) in [6, 6.07) is 7.50. The fourth-order valence-corrected chi connectivity index (χ4v) is 11.0. The molecule has 0 aliphatic rings. The van der Waals surface area contributed by atoms with E-state index in [0.29, 0.717) is 5.56 Å². The number of carbonyl (C=O) groups excluding carboxylic acids is 1. The molecule has 0 fully saturated rings. The summed E-state index contributed by atoms with van der Waals surface area (Å²) in [6.45, 7) is 13.9. The molecule has 0 N–H and O–H groups in total. The van der Waals surface area contributed by atoms with E-state index in [0.717, 1.165) is 11.8 Å². The number of aldehydes is 1. The van der Waals surface area contributed by atoms with Crippen LogP contribution in [0.3, 0.4) is 0 Å². The number of rotatable bonds is 5. The number of carbonyl (C=O) groups is 1. The first-order chi connectivity index (χ1) is 8.64. The van der Waals surface area contributed by atoms with Gasteiger partial charge in [0, 0.05) is 5.56 Å². The fourth-order valence-electron chi connectivity index (χ4n) is 2.14. The van der Waals surface area contributed by atoms with Crippen molar-refractivity contribution < 1.29 is 4.79 Å². The van der Waals surface area contributed by atoms with E-state index in [1.165, 1.54) is 0 Å². The van der Waals surface area contributed by atoms with Gasteiger partial charge in [-0.2, -0.15) is 0 Å².